The van der Waals surface area contributed by atoms with Crippen LogP contribution in [-0.4, -0.2) is 19.0 Å². The van der Waals surface area contributed by atoms with Crippen LogP contribution in [0.3, 0.4) is 0 Å². The summed E-state index contributed by atoms with van der Waals surface area (Å²) in [6.07, 6.45) is 0.849. The zero-order chi connectivity index (χ0) is 14.2. The highest BCUT2D eigenvalue weighted by Crippen LogP contribution is 2.07. The first-order chi connectivity index (χ1) is 9.79. The number of thiophene rings is 1. The molecule has 1 aromatic carbocycles. The number of benzene rings is 1. The van der Waals surface area contributed by atoms with E-state index in [1.54, 1.807) is 23.5 Å². The van der Waals surface area contributed by atoms with Crippen LogP contribution in [0.25, 0.3) is 0 Å². The van der Waals surface area contributed by atoms with E-state index in [-0.39, 0.29) is 5.91 Å². The highest BCUT2D eigenvalue weighted by Gasteiger charge is 2.05. The molecule has 20 heavy (non-hydrogen) atoms. The topological polar surface area (TPSA) is 55.1 Å². The third-order valence-corrected chi connectivity index (χ3v) is 3.47. The van der Waals surface area contributed by atoms with E-state index in [0.29, 0.717) is 18.7 Å². The van der Waals surface area contributed by atoms with Gasteiger partial charge in [-0.25, -0.2) is 0 Å². The van der Waals surface area contributed by atoms with E-state index >= 15 is 0 Å². The molecule has 0 bridgehead atoms. The average Bonchev–Trinajstić information content (AvgIpc) is 2.98. The lowest BCUT2D eigenvalue weighted by Gasteiger charge is -2.04. The van der Waals surface area contributed by atoms with Crippen molar-refractivity contribution in [2.45, 2.75) is 6.42 Å². The summed E-state index contributed by atoms with van der Waals surface area (Å²) in [4.78, 5) is 12.0. The van der Waals surface area contributed by atoms with E-state index in [4.69, 9.17) is 5.73 Å². The largest absolute Gasteiger partial charge is 0.352 e. The van der Waals surface area contributed by atoms with Crippen LogP contribution in [0.15, 0.2) is 41.1 Å². The van der Waals surface area contributed by atoms with Gasteiger partial charge in [0.15, 0.2) is 0 Å². The van der Waals surface area contributed by atoms with E-state index in [0.717, 1.165) is 12.0 Å². The molecule has 1 amide bonds. The Morgan fingerprint density at radius 2 is 2.25 bits per heavy atom. The zero-order valence-electron chi connectivity index (χ0n) is 11.1. The summed E-state index contributed by atoms with van der Waals surface area (Å²) < 4.78 is 0. The van der Waals surface area contributed by atoms with Gasteiger partial charge in [0.25, 0.3) is 5.91 Å². The monoisotopic (exact) mass is 284 g/mol. The van der Waals surface area contributed by atoms with Crippen LogP contribution in [0, 0.1) is 11.8 Å². The lowest BCUT2D eigenvalue weighted by Crippen LogP contribution is -2.25. The van der Waals surface area contributed by atoms with Crippen molar-refractivity contribution in [3.63, 3.8) is 0 Å². The third kappa shape index (κ3) is 4.23. The first kappa shape index (κ1) is 14.3. The molecule has 0 unspecified atom stereocenters. The fourth-order valence-corrected chi connectivity index (χ4v) is 2.45. The molecule has 3 nitrogen and oxygen atoms in total. The van der Waals surface area contributed by atoms with Crippen molar-refractivity contribution in [1.82, 2.24) is 5.32 Å². The molecule has 0 aliphatic rings. The summed E-state index contributed by atoms with van der Waals surface area (Å²) in [5, 5.41) is 7.04. The summed E-state index contributed by atoms with van der Waals surface area (Å²) in [6, 6.07) is 9.33. The summed E-state index contributed by atoms with van der Waals surface area (Å²) in [7, 11) is 0. The lowest BCUT2D eigenvalue weighted by molar-refractivity contribution is 0.0954. The van der Waals surface area contributed by atoms with Crippen molar-refractivity contribution in [2.24, 2.45) is 5.73 Å². The lowest BCUT2D eigenvalue weighted by atomic mass is 10.1. The number of nitrogens with one attached hydrogen (secondary N) is 1. The van der Waals surface area contributed by atoms with Crippen molar-refractivity contribution in [3.8, 4) is 11.8 Å². The van der Waals surface area contributed by atoms with Gasteiger partial charge in [-0.3, -0.25) is 4.79 Å². The summed E-state index contributed by atoms with van der Waals surface area (Å²) >= 11 is 1.67. The number of amides is 1. The fourth-order valence-electron chi connectivity index (χ4n) is 1.75. The summed E-state index contributed by atoms with van der Waals surface area (Å²) in [5.74, 6) is 5.63. The van der Waals surface area contributed by atoms with E-state index in [2.05, 4.69) is 28.6 Å². The maximum absolute atomic E-state index is 12.0. The molecule has 0 fully saturated rings. The van der Waals surface area contributed by atoms with E-state index in [1.807, 2.05) is 17.5 Å². The molecule has 102 valence electrons. The molecular weight excluding hydrogens is 268 g/mol. The Morgan fingerprint density at radius 3 is 3.00 bits per heavy atom. The van der Waals surface area contributed by atoms with E-state index in [9.17, 15) is 4.79 Å². The molecule has 0 saturated heterocycles. The van der Waals surface area contributed by atoms with Crippen LogP contribution in [0.5, 0.6) is 0 Å². The molecule has 0 radical (unpaired) electrons. The second-order valence-corrected chi connectivity index (χ2v) is 5.00. The quantitative estimate of drug-likeness (QED) is 0.844. The molecule has 3 N–H and O–H groups in total. The van der Waals surface area contributed by atoms with Crippen molar-refractivity contribution < 1.29 is 4.79 Å². The Kier molecular flexibility index (Phi) is 5.36. The standard InChI is InChI=1S/C16H16N2OS/c17-8-2-4-13-3-1-5-15(11-13)16(19)18-9-6-14-7-10-20-12-14/h1,3,5,7,10-12H,6,8-9,17H2,(H,18,19). The molecule has 0 aliphatic heterocycles. The Morgan fingerprint density at radius 1 is 1.35 bits per heavy atom. The molecule has 0 atom stereocenters. The van der Waals surface area contributed by atoms with Crippen LogP contribution >= 0.6 is 11.3 Å². The van der Waals surface area contributed by atoms with Gasteiger partial charge in [-0.1, -0.05) is 17.9 Å². The van der Waals surface area contributed by atoms with Gasteiger partial charge >= 0.3 is 0 Å². The summed E-state index contributed by atoms with van der Waals surface area (Å²) in [6.45, 7) is 0.950. The SMILES string of the molecule is NCC#Cc1cccc(C(=O)NCCc2ccsc2)c1. The molecule has 1 heterocycles. The van der Waals surface area contributed by atoms with Crippen molar-refractivity contribution in [1.29, 1.82) is 0 Å². The maximum Gasteiger partial charge on any atom is 0.251 e. The minimum Gasteiger partial charge on any atom is -0.352 e. The van der Waals surface area contributed by atoms with Gasteiger partial charge in [0.05, 0.1) is 6.54 Å². The van der Waals surface area contributed by atoms with Crippen molar-refractivity contribution >= 4 is 17.2 Å². The van der Waals surface area contributed by atoms with Crippen LogP contribution in [-0.2, 0) is 6.42 Å². The minimum atomic E-state index is -0.0726. The minimum absolute atomic E-state index is 0.0726. The van der Waals surface area contributed by atoms with Crippen LogP contribution < -0.4 is 11.1 Å². The number of carbonyl (C=O) groups is 1. The number of hydrogen-bond acceptors (Lipinski definition) is 3. The smallest absolute Gasteiger partial charge is 0.251 e. The van der Waals surface area contributed by atoms with Gasteiger partial charge in [-0.05, 0) is 47.0 Å². The molecule has 0 spiro atoms. The van der Waals surface area contributed by atoms with Gasteiger partial charge in [-0.2, -0.15) is 11.3 Å². The maximum atomic E-state index is 12.0. The van der Waals surface area contributed by atoms with Crippen molar-refractivity contribution in [3.05, 3.63) is 57.8 Å². The van der Waals surface area contributed by atoms with Gasteiger partial charge in [0, 0.05) is 17.7 Å². The second kappa shape index (κ2) is 7.49. The number of carbonyl (C=O) groups excluding carboxylic acids is 1. The van der Waals surface area contributed by atoms with E-state index < -0.39 is 0 Å². The van der Waals surface area contributed by atoms with Gasteiger partial charge in [-0.15, -0.1) is 0 Å². The third-order valence-electron chi connectivity index (χ3n) is 2.74. The second-order valence-electron chi connectivity index (χ2n) is 4.22. The van der Waals surface area contributed by atoms with Crippen LogP contribution in [0.1, 0.15) is 21.5 Å². The Bertz CT molecular complexity index is 623. The van der Waals surface area contributed by atoms with Crippen molar-refractivity contribution in [2.75, 3.05) is 13.1 Å². The predicted molar refractivity (Wildman–Crippen MR) is 82.7 cm³/mol. The molecule has 0 aliphatic carbocycles. The Hall–Kier alpha value is -2.09. The molecule has 2 rings (SSSR count). The summed E-state index contributed by atoms with van der Waals surface area (Å²) in [5.41, 5.74) is 8.01. The fraction of sp³-hybridized carbons (Fsp3) is 0.188. The first-order valence-electron chi connectivity index (χ1n) is 6.38. The highest BCUT2D eigenvalue weighted by atomic mass is 32.1. The van der Waals surface area contributed by atoms with Crippen LogP contribution in [0.4, 0.5) is 0 Å². The highest BCUT2D eigenvalue weighted by molar-refractivity contribution is 7.07. The normalized spacial score (nSPS) is 9.65. The number of hydrogen-bond donors (Lipinski definition) is 2. The Labute approximate surface area is 122 Å². The molecular formula is C16H16N2OS. The molecule has 2 aromatic rings. The van der Waals surface area contributed by atoms with Gasteiger partial charge < -0.3 is 11.1 Å². The Balaban J connectivity index is 1.91. The molecule has 0 saturated carbocycles. The number of nitrogens with two attached hydrogens (primary N) is 1. The van der Waals surface area contributed by atoms with E-state index in [1.165, 1.54) is 5.56 Å². The average molecular weight is 284 g/mol. The van der Waals surface area contributed by atoms with Gasteiger partial charge in [0.2, 0.25) is 0 Å². The first-order valence-corrected chi connectivity index (χ1v) is 7.32. The molecule has 1 aromatic heterocycles. The van der Waals surface area contributed by atoms with Crippen LogP contribution in [0.2, 0.25) is 0 Å². The number of rotatable bonds is 4. The van der Waals surface area contributed by atoms with Gasteiger partial charge in [0.1, 0.15) is 0 Å². The zero-order valence-corrected chi connectivity index (χ0v) is 11.9. The molecule has 4 heteroatoms. The predicted octanol–water partition coefficient (Wildman–Crippen LogP) is 2.03.